The number of anilines is 1. The van der Waals surface area contributed by atoms with Crippen LogP contribution >= 0.6 is 0 Å². The van der Waals surface area contributed by atoms with Crippen LogP contribution in [-0.4, -0.2) is 57.8 Å². The first-order chi connectivity index (χ1) is 15.2. The molecule has 0 unspecified atom stereocenters. The monoisotopic (exact) mass is 459 g/mol. The van der Waals surface area contributed by atoms with Crippen molar-refractivity contribution < 1.29 is 17.9 Å². The lowest BCUT2D eigenvalue weighted by atomic mass is 9.84. The van der Waals surface area contributed by atoms with Crippen LogP contribution in [0.3, 0.4) is 0 Å². The molecule has 0 aliphatic carbocycles. The van der Waals surface area contributed by atoms with E-state index >= 15 is 0 Å². The van der Waals surface area contributed by atoms with Crippen LogP contribution < -0.4 is 9.46 Å². The molecule has 0 radical (unpaired) electrons. The van der Waals surface area contributed by atoms with Gasteiger partial charge in [-0.3, -0.25) is 4.72 Å². The molecule has 8 heteroatoms. The van der Waals surface area contributed by atoms with Gasteiger partial charge in [-0.05, 0) is 75.4 Å². The Hall–Kier alpha value is -2.16. The number of hydrogen-bond acceptors (Lipinski definition) is 6. The Kier molecular flexibility index (Phi) is 6.47. The standard InChI is InChI=1S/C24H33N3O4S/c1-24(2)16-19(11-14-31-24)17-5-7-20(8-6-17)32(28,29)26-22-15-18-9-12-27(3)13-10-21(18)25-23(22)30-4/h5-8,15,19,26H,9-14,16H2,1-4H3/t19-/m0/s1. The van der Waals surface area contributed by atoms with Gasteiger partial charge >= 0.3 is 0 Å². The number of fused-ring (bicyclic) bond motifs is 1. The quantitative estimate of drug-likeness (QED) is 0.736. The van der Waals surface area contributed by atoms with Crippen molar-refractivity contribution in [1.82, 2.24) is 9.88 Å². The van der Waals surface area contributed by atoms with Crippen LogP contribution in [0.2, 0.25) is 0 Å². The Morgan fingerprint density at radius 3 is 2.59 bits per heavy atom. The zero-order valence-electron chi connectivity index (χ0n) is 19.3. The molecule has 2 aliphatic rings. The fourth-order valence-corrected chi connectivity index (χ4v) is 5.64. The topological polar surface area (TPSA) is 80.8 Å². The van der Waals surface area contributed by atoms with E-state index in [1.807, 2.05) is 18.2 Å². The molecule has 0 bridgehead atoms. The second kappa shape index (κ2) is 9.00. The molecule has 0 amide bonds. The van der Waals surface area contributed by atoms with Crippen molar-refractivity contribution in [2.75, 3.05) is 38.6 Å². The smallest absolute Gasteiger partial charge is 0.262 e. The lowest BCUT2D eigenvalue weighted by Crippen LogP contribution is -2.32. The van der Waals surface area contributed by atoms with Gasteiger partial charge in [-0.2, -0.15) is 0 Å². The van der Waals surface area contributed by atoms with Crippen molar-refractivity contribution >= 4 is 15.7 Å². The van der Waals surface area contributed by atoms with Gasteiger partial charge in [0.25, 0.3) is 10.0 Å². The second-order valence-corrected chi connectivity index (χ2v) is 11.1. The molecule has 32 heavy (non-hydrogen) atoms. The molecule has 4 rings (SSSR count). The molecule has 2 aliphatic heterocycles. The third kappa shape index (κ3) is 5.08. The van der Waals surface area contributed by atoms with Crippen molar-refractivity contribution in [2.45, 2.75) is 55.9 Å². The van der Waals surface area contributed by atoms with Crippen molar-refractivity contribution in [3.05, 3.63) is 47.2 Å². The third-order valence-corrected chi connectivity index (χ3v) is 7.83. The number of aromatic nitrogens is 1. The maximum Gasteiger partial charge on any atom is 0.262 e. The summed E-state index contributed by atoms with van der Waals surface area (Å²) in [4.78, 5) is 7.08. The van der Waals surface area contributed by atoms with Crippen LogP contribution in [0.5, 0.6) is 5.88 Å². The Balaban J connectivity index is 1.55. The molecular formula is C24H33N3O4S. The summed E-state index contributed by atoms with van der Waals surface area (Å²) < 4.78 is 40.2. The molecule has 1 fully saturated rings. The van der Waals surface area contributed by atoms with Gasteiger partial charge in [0.2, 0.25) is 5.88 Å². The molecule has 1 atom stereocenters. The normalized spacial score (nSPS) is 21.4. The van der Waals surface area contributed by atoms with Gasteiger partial charge in [-0.25, -0.2) is 13.4 Å². The van der Waals surface area contributed by atoms with Crippen LogP contribution in [0.15, 0.2) is 35.2 Å². The number of sulfonamides is 1. The van der Waals surface area contributed by atoms with Gasteiger partial charge < -0.3 is 14.4 Å². The third-order valence-electron chi connectivity index (χ3n) is 6.45. The highest BCUT2D eigenvalue weighted by atomic mass is 32.2. The summed E-state index contributed by atoms with van der Waals surface area (Å²) in [6.45, 7) is 6.76. The summed E-state index contributed by atoms with van der Waals surface area (Å²) in [7, 11) is -0.173. The molecule has 2 aromatic rings. The Labute approximate surface area is 191 Å². The average Bonchev–Trinajstić information content (AvgIpc) is 2.93. The highest BCUT2D eigenvalue weighted by Crippen LogP contribution is 2.36. The maximum atomic E-state index is 13.1. The number of methoxy groups -OCH3 is 1. The minimum atomic E-state index is -3.77. The molecule has 1 N–H and O–H groups in total. The van der Waals surface area contributed by atoms with Crippen LogP contribution in [0.4, 0.5) is 5.69 Å². The van der Waals surface area contributed by atoms with Crippen LogP contribution in [0.25, 0.3) is 0 Å². The summed E-state index contributed by atoms with van der Waals surface area (Å²) in [5.74, 6) is 0.674. The van der Waals surface area contributed by atoms with E-state index in [1.165, 1.54) is 7.11 Å². The number of ether oxygens (including phenoxy) is 2. The fourth-order valence-electron chi connectivity index (χ4n) is 4.59. The van der Waals surface area contributed by atoms with E-state index in [2.05, 4.69) is 35.5 Å². The minimum Gasteiger partial charge on any atom is -0.479 e. The van der Waals surface area contributed by atoms with Crippen molar-refractivity contribution in [1.29, 1.82) is 0 Å². The van der Waals surface area contributed by atoms with E-state index in [0.29, 0.717) is 17.5 Å². The fraction of sp³-hybridized carbons (Fsp3) is 0.542. The molecule has 0 saturated carbocycles. The molecule has 1 aromatic heterocycles. The molecule has 1 aromatic carbocycles. The van der Waals surface area contributed by atoms with E-state index in [4.69, 9.17) is 9.47 Å². The molecule has 3 heterocycles. The lowest BCUT2D eigenvalue weighted by Gasteiger charge is -2.35. The maximum absolute atomic E-state index is 13.1. The minimum absolute atomic E-state index is 0.154. The van der Waals surface area contributed by atoms with Gasteiger partial charge in [-0.1, -0.05) is 12.1 Å². The van der Waals surface area contributed by atoms with E-state index < -0.39 is 10.0 Å². The van der Waals surface area contributed by atoms with Crippen molar-refractivity contribution in [3.63, 3.8) is 0 Å². The number of nitrogens with zero attached hydrogens (tertiary/aromatic N) is 2. The predicted molar refractivity (Wildman–Crippen MR) is 125 cm³/mol. The van der Waals surface area contributed by atoms with Crippen molar-refractivity contribution in [3.8, 4) is 5.88 Å². The number of hydrogen-bond donors (Lipinski definition) is 1. The average molecular weight is 460 g/mol. The summed E-state index contributed by atoms with van der Waals surface area (Å²) in [6, 6.07) is 9.07. The van der Waals surface area contributed by atoms with Crippen LogP contribution in [0, 0.1) is 0 Å². The summed E-state index contributed by atoms with van der Waals surface area (Å²) in [5.41, 5.74) is 3.40. The van der Waals surface area contributed by atoms with E-state index in [0.717, 1.165) is 62.2 Å². The zero-order chi connectivity index (χ0) is 22.9. The zero-order valence-corrected chi connectivity index (χ0v) is 20.2. The van der Waals surface area contributed by atoms with Gasteiger partial charge in [0.1, 0.15) is 5.69 Å². The first kappa shape index (κ1) is 23.0. The largest absolute Gasteiger partial charge is 0.479 e. The van der Waals surface area contributed by atoms with E-state index in [9.17, 15) is 8.42 Å². The van der Waals surface area contributed by atoms with Crippen LogP contribution in [0.1, 0.15) is 49.4 Å². The Bertz CT molecular complexity index is 1070. The number of pyridine rings is 1. The van der Waals surface area contributed by atoms with Crippen LogP contribution in [-0.2, 0) is 27.6 Å². The van der Waals surface area contributed by atoms with E-state index in [-0.39, 0.29) is 10.5 Å². The number of likely N-dealkylation sites (N-methyl/N-ethyl adjacent to an activating group) is 1. The SMILES string of the molecule is COc1nc2c(cc1NS(=O)(=O)c1ccc([C@H]3CCOC(C)(C)C3)cc1)CCN(C)CC2. The summed E-state index contributed by atoms with van der Waals surface area (Å²) >= 11 is 0. The number of benzene rings is 1. The number of rotatable bonds is 5. The first-order valence-corrected chi connectivity index (χ1v) is 12.7. The molecule has 1 saturated heterocycles. The van der Waals surface area contributed by atoms with E-state index in [1.54, 1.807) is 12.1 Å². The highest BCUT2D eigenvalue weighted by Gasteiger charge is 2.30. The molecular weight excluding hydrogens is 426 g/mol. The highest BCUT2D eigenvalue weighted by molar-refractivity contribution is 7.92. The Morgan fingerprint density at radius 1 is 1.19 bits per heavy atom. The second-order valence-electron chi connectivity index (χ2n) is 9.43. The van der Waals surface area contributed by atoms with Gasteiger partial charge in [-0.15, -0.1) is 0 Å². The molecule has 0 spiro atoms. The first-order valence-electron chi connectivity index (χ1n) is 11.2. The predicted octanol–water partition coefficient (Wildman–Crippen LogP) is 3.59. The van der Waals surface area contributed by atoms with Crippen molar-refractivity contribution in [2.24, 2.45) is 0 Å². The summed E-state index contributed by atoms with van der Waals surface area (Å²) in [6.07, 6.45) is 3.51. The molecule has 174 valence electrons. The lowest BCUT2D eigenvalue weighted by molar-refractivity contribution is -0.0593. The van der Waals surface area contributed by atoms with Gasteiger partial charge in [0.15, 0.2) is 0 Å². The van der Waals surface area contributed by atoms with Gasteiger partial charge in [0, 0.05) is 31.8 Å². The summed E-state index contributed by atoms with van der Waals surface area (Å²) in [5, 5.41) is 0. The van der Waals surface area contributed by atoms with Gasteiger partial charge in [0.05, 0.1) is 17.6 Å². The number of nitrogens with one attached hydrogen (secondary N) is 1. The Morgan fingerprint density at radius 2 is 1.91 bits per heavy atom. The molecule has 7 nitrogen and oxygen atoms in total.